The van der Waals surface area contributed by atoms with E-state index in [4.69, 9.17) is 4.74 Å². The topological polar surface area (TPSA) is 49.9 Å². The van der Waals surface area contributed by atoms with Crippen molar-refractivity contribution in [3.63, 3.8) is 0 Å². The van der Waals surface area contributed by atoms with Gasteiger partial charge in [-0.05, 0) is 38.8 Å². The van der Waals surface area contributed by atoms with E-state index < -0.39 is 0 Å². The van der Waals surface area contributed by atoms with E-state index in [2.05, 4.69) is 4.90 Å². The lowest BCUT2D eigenvalue weighted by atomic mass is 9.73. The average molecular weight is 373 g/mol. The van der Waals surface area contributed by atoms with Crippen LogP contribution >= 0.6 is 0 Å². The van der Waals surface area contributed by atoms with E-state index in [0.29, 0.717) is 26.0 Å². The van der Waals surface area contributed by atoms with E-state index >= 15 is 0 Å². The van der Waals surface area contributed by atoms with Gasteiger partial charge in [0.15, 0.2) is 5.78 Å². The van der Waals surface area contributed by atoms with Gasteiger partial charge in [-0.25, -0.2) is 0 Å². The van der Waals surface area contributed by atoms with Gasteiger partial charge in [0.2, 0.25) is 5.91 Å². The lowest BCUT2D eigenvalue weighted by molar-refractivity contribution is -0.140. The van der Waals surface area contributed by atoms with Gasteiger partial charge >= 0.3 is 0 Å². The first-order valence-corrected chi connectivity index (χ1v) is 10.2. The van der Waals surface area contributed by atoms with E-state index in [0.717, 1.165) is 44.6 Å². The highest BCUT2D eigenvalue weighted by atomic mass is 16.5. The molecule has 5 nitrogen and oxygen atoms in total. The standard InChI is InChI=1S/C22H32N2O3/c1-27-16-15-24-18-22(12-10-21(24)26)11-6-14-23(17-22)13-5-9-20(25)19-7-3-2-4-8-19/h2-4,7-8H,5-6,9-18H2,1H3/t22-/m0/s1. The summed E-state index contributed by atoms with van der Waals surface area (Å²) in [7, 11) is 1.68. The summed E-state index contributed by atoms with van der Waals surface area (Å²) in [5.41, 5.74) is 1.04. The van der Waals surface area contributed by atoms with Crippen LogP contribution < -0.4 is 0 Å². The second-order valence-corrected chi connectivity index (χ2v) is 8.08. The largest absolute Gasteiger partial charge is 0.383 e. The Labute approximate surface area is 162 Å². The Balaban J connectivity index is 1.49. The molecule has 0 unspecified atom stereocenters. The van der Waals surface area contributed by atoms with E-state index in [9.17, 15) is 9.59 Å². The van der Waals surface area contributed by atoms with Gasteiger partial charge in [-0.15, -0.1) is 0 Å². The number of nitrogens with zero attached hydrogens (tertiary/aromatic N) is 2. The Morgan fingerprint density at radius 3 is 2.74 bits per heavy atom. The van der Waals surface area contributed by atoms with Gasteiger partial charge in [0, 0.05) is 50.6 Å². The molecule has 0 bridgehead atoms. The van der Waals surface area contributed by atoms with Crippen molar-refractivity contribution >= 4 is 11.7 Å². The van der Waals surface area contributed by atoms with Gasteiger partial charge in [-0.3, -0.25) is 9.59 Å². The highest BCUT2D eigenvalue weighted by Crippen LogP contribution is 2.38. The second kappa shape index (κ2) is 9.47. The van der Waals surface area contributed by atoms with Crippen molar-refractivity contribution in [1.29, 1.82) is 0 Å². The van der Waals surface area contributed by atoms with Gasteiger partial charge < -0.3 is 14.5 Å². The van der Waals surface area contributed by atoms with Gasteiger partial charge in [0.05, 0.1) is 6.61 Å². The van der Waals surface area contributed by atoms with Crippen LogP contribution in [0.15, 0.2) is 30.3 Å². The smallest absolute Gasteiger partial charge is 0.222 e. The van der Waals surface area contributed by atoms with Crippen LogP contribution in [0, 0.1) is 5.41 Å². The molecule has 148 valence electrons. The molecule has 1 amide bonds. The van der Waals surface area contributed by atoms with E-state index in [1.165, 1.54) is 12.8 Å². The van der Waals surface area contributed by atoms with Crippen LogP contribution in [0.2, 0.25) is 0 Å². The number of likely N-dealkylation sites (tertiary alicyclic amines) is 2. The molecule has 27 heavy (non-hydrogen) atoms. The summed E-state index contributed by atoms with van der Waals surface area (Å²) in [6.45, 7) is 5.27. The molecular formula is C22H32N2O3. The third kappa shape index (κ3) is 5.39. The predicted molar refractivity (Wildman–Crippen MR) is 106 cm³/mol. The van der Waals surface area contributed by atoms with Gasteiger partial charge in [0.1, 0.15) is 0 Å². The van der Waals surface area contributed by atoms with Crippen LogP contribution in [-0.2, 0) is 9.53 Å². The van der Waals surface area contributed by atoms with Crippen LogP contribution in [0.3, 0.4) is 0 Å². The number of methoxy groups -OCH3 is 1. The van der Waals surface area contributed by atoms with Crippen molar-refractivity contribution in [2.24, 2.45) is 5.41 Å². The number of ketones is 1. The molecular weight excluding hydrogens is 340 g/mol. The fourth-order valence-electron chi connectivity index (χ4n) is 4.57. The summed E-state index contributed by atoms with van der Waals surface area (Å²) >= 11 is 0. The van der Waals surface area contributed by atoms with Gasteiger partial charge in [0.25, 0.3) is 0 Å². The highest BCUT2D eigenvalue weighted by Gasteiger charge is 2.41. The van der Waals surface area contributed by atoms with Crippen LogP contribution in [0.1, 0.15) is 48.9 Å². The van der Waals surface area contributed by atoms with Crippen molar-refractivity contribution in [3.05, 3.63) is 35.9 Å². The molecule has 2 aliphatic heterocycles. The number of piperidine rings is 2. The zero-order valence-corrected chi connectivity index (χ0v) is 16.5. The number of carbonyl (C=O) groups excluding carboxylic acids is 2. The van der Waals surface area contributed by atoms with Crippen molar-refractivity contribution in [2.75, 3.05) is 46.4 Å². The molecule has 2 aliphatic rings. The van der Waals surface area contributed by atoms with Crippen LogP contribution in [0.4, 0.5) is 0 Å². The zero-order chi connectivity index (χ0) is 19.1. The first-order valence-electron chi connectivity index (χ1n) is 10.2. The molecule has 3 rings (SSSR count). The van der Waals surface area contributed by atoms with Gasteiger partial charge in [-0.1, -0.05) is 30.3 Å². The van der Waals surface area contributed by atoms with E-state index in [1.807, 2.05) is 35.2 Å². The summed E-state index contributed by atoms with van der Waals surface area (Å²) < 4.78 is 5.17. The lowest BCUT2D eigenvalue weighted by Crippen LogP contribution is -2.54. The molecule has 1 aromatic rings. The molecule has 1 spiro atoms. The molecule has 0 saturated carbocycles. The molecule has 1 atom stereocenters. The molecule has 2 fully saturated rings. The van der Waals surface area contributed by atoms with E-state index in [1.54, 1.807) is 7.11 Å². The number of carbonyl (C=O) groups is 2. The summed E-state index contributed by atoms with van der Waals surface area (Å²) in [6, 6.07) is 9.56. The van der Waals surface area contributed by atoms with Crippen LogP contribution in [-0.4, -0.2) is 67.9 Å². The Kier molecular flexibility index (Phi) is 7.02. The maximum absolute atomic E-state index is 12.3. The van der Waals surface area contributed by atoms with Gasteiger partial charge in [-0.2, -0.15) is 0 Å². The molecule has 1 aromatic carbocycles. The molecule has 2 heterocycles. The number of hydrogen-bond donors (Lipinski definition) is 0. The maximum atomic E-state index is 12.3. The Bertz CT molecular complexity index is 634. The lowest BCUT2D eigenvalue weighted by Gasteiger charge is -2.48. The van der Waals surface area contributed by atoms with Crippen molar-refractivity contribution in [3.8, 4) is 0 Å². The third-order valence-corrected chi connectivity index (χ3v) is 6.03. The molecule has 0 aliphatic carbocycles. The molecule has 0 radical (unpaired) electrons. The number of rotatable bonds is 8. The quantitative estimate of drug-likeness (QED) is 0.658. The Hall–Kier alpha value is -1.72. The van der Waals surface area contributed by atoms with Crippen molar-refractivity contribution in [2.45, 2.75) is 38.5 Å². The number of amides is 1. The first kappa shape index (κ1) is 20.0. The summed E-state index contributed by atoms with van der Waals surface area (Å²) in [5.74, 6) is 0.500. The molecule has 0 aromatic heterocycles. The highest BCUT2D eigenvalue weighted by molar-refractivity contribution is 5.95. The molecule has 0 N–H and O–H groups in total. The average Bonchev–Trinajstić information content (AvgIpc) is 2.70. The predicted octanol–water partition coefficient (Wildman–Crippen LogP) is 3.00. The van der Waals surface area contributed by atoms with Crippen molar-refractivity contribution in [1.82, 2.24) is 9.80 Å². The van der Waals surface area contributed by atoms with Crippen molar-refractivity contribution < 1.29 is 14.3 Å². The Morgan fingerprint density at radius 2 is 1.96 bits per heavy atom. The summed E-state index contributed by atoms with van der Waals surface area (Å²) in [4.78, 5) is 29.0. The summed E-state index contributed by atoms with van der Waals surface area (Å²) in [5, 5.41) is 0. The number of hydrogen-bond acceptors (Lipinski definition) is 4. The maximum Gasteiger partial charge on any atom is 0.222 e. The van der Waals surface area contributed by atoms with Crippen LogP contribution in [0.25, 0.3) is 0 Å². The normalized spacial score (nSPS) is 23.7. The summed E-state index contributed by atoms with van der Waals surface area (Å²) in [6.07, 6.45) is 5.53. The second-order valence-electron chi connectivity index (χ2n) is 8.08. The fraction of sp³-hybridized carbons (Fsp3) is 0.636. The monoisotopic (exact) mass is 372 g/mol. The third-order valence-electron chi connectivity index (χ3n) is 6.03. The minimum Gasteiger partial charge on any atom is -0.383 e. The van der Waals surface area contributed by atoms with Crippen LogP contribution in [0.5, 0.6) is 0 Å². The SMILES string of the molecule is COCCN1C[C@@]2(CCCN(CCCC(=O)c3ccccc3)C2)CCC1=O. The molecule has 2 saturated heterocycles. The molecule has 5 heteroatoms. The number of ether oxygens (including phenoxy) is 1. The Morgan fingerprint density at radius 1 is 1.15 bits per heavy atom. The zero-order valence-electron chi connectivity index (χ0n) is 16.5. The first-order chi connectivity index (χ1) is 13.1. The fourth-order valence-corrected chi connectivity index (χ4v) is 4.57. The number of benzene rings is 1. The van der Waals surface area contributed by atoms with E-state index in [-0.39, 0.29) is 17.1 Å². The number of Topliss-reactive ketones (excluding diaryl/α,β-unsaturated/α-hetero) is 1. The minimum absolute atomic E-state index is 0.226. The minimum atomic E-state index is 0.226.